The van der Waals surface area contributed by atoms with Crippen LogP contribution in [0.4, 0.5) is 8.78 Å². The topological polar surface area (TPSA) is 46.3 Å². The van der Waals surface area contributed by atoms with Crippen molar-refractivity contribution in [3.63, 3.8) is 0 Å². The summed E-state index contributed by atoms with van der Waals surface area (Å²) in [6.45, 7) is 7.13. The predicted octanol–water partition coefficient (Wildman–Crippen LogP) is 2.86. The third-order valence-electron chi connectivity index (χ3n) is 4.24. The Labute approximate surface area is 124 Å². The molecule has 2 atom stereocenters. The van der Waals surface area contributed by atoms with Gasteiger partial charge >= 0.3 is 0 Å². The van der Waals surface area contributed by atoms with Crippen LogP contribution in [-0.2, 0) is 4.79 Å². The van der Waals surface area contributed by atoms with E-state index in [0.717, 1.165) is 6.07 Å². The molecule has 0 bridgehead atoms. The molecule has 1 heterocycles. The highest BCUT2D eigenvalue weighted by Gasteiger charge is 2.37. The Hall–Kier alpha value is -1.49. The van der Waals surface area contributed by atoms with Crippen LogP contribution in [-0.4, -0.2) is 23.9 Å². The van der Waals surface area contributed by atoms with Gasteiger partial charge in [-0.25, -0.2) is 8.78 Å². The summed E-state index contributed by atoms with van der Waals surface area (Å²) in [6.07, 6.45) is 0.488. The van der Waals surface area contributed by atoms with Crippen molar-refractivity contribution in [1.29, 1.82) is 0 Å². The number of amides is 1. The van der Waals surface area contributed by atoms with Crippen LogP contribution in [0.25, 0.3) is 0 Å². The second-order valence-corrected chi connectivity index (χ2v) is 6.82. The number of benzene rings is 1. The first kappa shape index (κ1) is 15.9. The van der Waals surface area contributed by atoms with Crippen LogP contribution in [0.15, 0.2) is 18.2 Å². The van der Waals surface area contributed by atoms with Gasteiger partial charge in [0.15, 0.2) is 11.6 Å². The normalized spacial score (nSPS) is 21.0. The summed E-state index contributed by atoms with van der Waals surface area (Å²) < 4.78 is 27.0. The molecule has 0 spiro atoms. The minimum Gasteiger partial charge on any atom is -0.340 e. The van der Waals surface area contributed by atoms with Gasteiger partial charge in [0.05, 0.1) is 6.04 Å². The molecule has 3 nitrogen and oxygen atoms in total. The molecule has 1 aromatic rings. The van der Waals surface area contributed by atoms with E-state index in [2.05, 4.69) is 20.8 Å². The number of nitrogens with two attached hydrogens (primary N) is 1. The molecule has 1 aromatic carbocycles. The van der Waals surface area contributed by atoms with Crippen molar-refractivity contribution in [1.82, 2.24) is 4.90 Å². The summed E-state index contributed by atoms with van der Waals surface area (Å²) >= 11 is 0. The SMILES string of the molecule is CC(C)(C)C1CC(=O)N(CC(N)c2cccc(F)c2F)C1. The minimum absolute atomic E-state index is 0.0298. The van der Waals surface area contributed by atoms with Crippen LogP contribution < -0.4 is 5.73 Å². The molecule has 1 amide bonds. The van der Waals surface area contributed by atoms with E-state index < -0.39 is 17.7 Å². The van der Waals surface area contributed by atoms with Gasteiger partial charge in [0.1, 0.15) is 0 Å². The second kappa shape index (κ2) is 5.72. The van der Waals surface area contributed by atoms with Crippen LogP contribution in [0.2, 0.25) is 0 Å². The molecule has 1 fully saturated rings. The summed E-state index contributed by atoms with van der Waals surface area (Å²) in [4.78, 5) is 13.7. The van der Waals surface area contributed by atoms with Crippen molar-refractivity contribution in [2.45, 2.75) is 33.2 Å². The number of rotatable bonds is 3. The average molecular weight is 296 g/mol. The quantitative estimate of drug-likeness (QED) is 0.932. The van der Waals surface area contributed by atoms with E-state index >= 15 is 0 Å². The number of likely N-dealkylation sites (tertiary alicyclic amines) is 1. The highest BCUT2D eigenvalue weighted by molar-refractivity contribution is 5.78. The molecule has 1 aliphatic heterocycles. The van der Waals surface area contributed by atoms with Gasteiger partial charge in [-0.3, -0.25) is 4.79 Å². The largest absolute Gasteiger partial charge is 0.340 e. The molecule has 2 rings (SSSR count). The van der Waals surface area contributed by atoms with Gasteiger partial charge in [-0.2, -0.15) is 0 Å². The molecular weight excluding hydrogens is 274 g/mol. The molecule has 2 N–H and O–H groups in total. The molecule has 0 aromatic heterocycles. The number of hydrogen-bond acceptors (Lipinski definition) is 2. The Morgan fingerprint density at radius 1 is 1.38 bits per heavy atom. The van der Waals surface area contributed by atoms with Crippen LogP contribution in [0.1, 0.15) is 38.8 Å². The zero-order chi connectivity index (χ0) is 15.8. The van der Waals surface area contributed by atoms with Crippen molar-refractivity contribution in [2.75, 3.05) is 13.1 Å². The van der Waals surface area contributed by atoms with Crippen LogP contribution >= 0.6 is 0 Å². The Morgan fingerprint density at radius 3 is 2.62 bits per heavy atom. The number of carbonyl (C=O) groups excluding carboxylic acids is 1. The maximum absolute atomic E-state index is 13.7. The third-order valence-corrected chi connectivity index (χ3v) is 4.24. The van der Waals surface area contributed by atoms with E-state index in [1.807, 2.05) is 0 Å². The molecule has 21 heavy (non-hydrogen) atoms. The minimum atomic E-state index is -0.927. The fraction of sp³-hybridized carbons (Fsp3) is 0.562. The summed E-state index contributed by atoms with van der Waals surface area (Å²) in [7, 11) is 0. The first-order valence-corrected chi connectivity index (χ1v) is 7.17. The lowest BCUT2D eigenvalue weighted by Gasteiger charge is -2.27. The van der Waals surface area contributed by atoms with Gasteiger partial charge in [0.2, 0.25) is 5.91 Å². The van der Waals surface area contributed by atoms with Gasteiger partial charge in [0, 0.05) is 25.1 Å². The smallest absolute Gasteiger partial charge is 0.223 e. The number of nitrogens with zero attached hydrogens (tertiary/aromatic N) is 1. The Morgan fingerprint density at radius 2 is 2.05 bits per heavy atom. The summed E-state index contributed by atoms with van der Waals surface area (Å²) in [5.74, 6) is -1.55. The Kier molecular flexibility index (Phi) is 4.33. The lowest BCUT2D eigenvalue weighted by atomic mass is 9.80. The molecule has 0 aliphatic carbocycles. The van der Waals surface area contributed by atoms with Crippen LogP contribution in [0, 0.1) is 23.0 Å². The number of carbonyl (C=O) groups is 1. The third kappa shape index (κ3) is 3.40. The molecule has 0 saturated carbocycles. The van der Waals surface area contributed by atoms with E-state index in [0.29, 0.717) is 13.0 Å². The zero-order valence-corrected chi connectivity index (χ0v) is 12.7. The molecule has 5 heteroatoms. The molecule has 0 radical (unpaired) electrons. The van der Waals surface area contributed by atoms with Crippen molar-refractivity contribution < 1.29 is 13.6 Å². The fourth-order valence-electron chi connectivity index (χ4n) is 2.67. The standard InChI is InChI=1S/C16H22F2N2O/c1-16(2,3)10-7-14(21)20(8-10)9-13(19)11-5-4-6-12(17)15(11)18/h4-6,10,13H,7-9,19H2,1-3H3. The van der Waals surface area contributed by atoms with E-state index in [1.165, 1.54) is 12.1 Å². The monoisotopic (exact) mass is 296 g/mol. The van der Waals surface area contributed by atoms with Crippen molar-refractivity contribution in [3.05, 3.63) is 35.4 Å². The van der Waals surface area contributed by atoms with E-state index in [4.69, 9.17) is 5.73 Å². The van der Waals surface area contributed by atoms with Crippen LogP contribution in [0.3, 0.4) is 0 Å². The summed E-state index contributed by atoms with van der Waals surface area (Å²) in [6, 6.07) is 3.23. The fourth-order valence-corrected chi connectivity index (χ4v) is 2.67. The van der Waals surface area contributed by atoms with E-state index in [-0.39, 0.29) is 29.3 Å². The van der Waals surface area contributed by atoms with Crippen molar-refractivity contribution in [3.8, 4) is 0 Å². The maximum atomic E-state index is 13.7. The lowest BCUT2D eigenvalue weighted by Crippen LogP contribution is -2.34. The summed E-state index contributed by atoms with van der Waals surface area (Å²) in [5, 5.41) is 0. The first-order valence-electron chi connectivity index (χ1n) is 7.17. The van der Waals surface area contributed by atoms with Crippen LogP contribution in [0.5, 0.6) is 0 Å². The number of hydrogen-bond donors (Lipinski definition) is 1. The van der Waals surface area contributed by atoms with Gasteiger partial charge in [-0.15, -0.1) is 0 Å². The molecule has 116 valence electrons. The lowest BCUT2D eigenvalue weighted by molar-refractivity contribution is -0.128. The maximum Gasteiger partial charge on any atom is 0.223 e. The summed E-state index contributed by atoms with van der Waals surface area (Å²) in [5.41, 5.74) is 6.11. The highest BCUT2D eigenvalue weighted by Crippen LogP contribution is 2.34. The van der Waals surface area contributed by atoms with Gasteiger partial charge < -0.3 is 10.6 Å². The first-order chi connectivity index (χ1) is 9.70. The zero-order valence-electron chi connectivity index (χ0n) is 12.7. The molecule has 1 aliphatic rings. The van der Waals surface area contributed by atoms with Gasteiger partial charge in [-0.05, 0) is 17.4 Å². The Bertz CT molecular complexity index is 540. The molecule has 1 saturated heterocycles. The van der Waals surface area contributed by atoms with Gasteiger partial charge in [0.25, 0.3) is 0 Å². The molecule has 2 unspecified atom stereocenters. The Balaban J connectivity index is 2.08. The average Bonchev–Trinajstić information content (AvgIpc) is 2.74. The van der Waals surface area contributed by atoms with E-state index in [9.17, 15) is 13.6 Å². The highest BCUT2D eigenvalue weighted by atomic mass is 19.2. The second-order valence-electron chi connectivity index (χ2n) is 6.82. The van der Waals surface area contributed by atoms with E-state index in [1.54, 1.807) is 4.90 Å². The van der Waals surface area contributed by atoms with Crippen molar-refractivity contribution >= 4 is 5.91 Å². The van der Waals surface area contributed by atoms with Crippen molar-refractivity contribution in [2.24, 2.45) is 17.1 Å². The number of halogens is 2. The predicted molar refractivity (Wildman–Crippen MR) is 77.4 cm³/mol. The molecular formula is C16H22F2N2O. The van der Waals surface area contributed by atoms with Gasteiger partial charge in [-0.1, -0.05) is 32.9 Å².